The standard InChI is InChI=1S/C16H18F3N3O2/c1-2-24-9-3-8-21-15(23)12(10-20)11-22-14-6-4-13(5-7-14)16(17,18)19/h4-7,11,22H,2-3,8-9H2,1H3,(H,21,23)/b12-11-. The van der Waals surface area contributed by atoms with Crippen molar-refractivity contribution in [2.24, 2.45) is 0 Å². The summed E-state index contributed by atoms with van der Waals surface area (Å²) in [5, 5.41) is 14.2. The summed E-state index contributed by atoms with van der Waals surface area (Å²) in [5.74, 6) is -0.562. The number of anilines is 1. The highest BCUT2D eigenvalue weighted by Gasteiger charge is 2.29. The van der Waals surface area contributed by atoms with E-state index in [1.54, 1.807) is 6.07 Å². The van der Waals surface area contributed by atoms with Crippen LogP contribution in [0.25, 0.3) is 0 Å². The maximum atomic E-state index is 12.5. The topological polar surface area (TPSA) is 74.1 Å². The number of nitriles is 1. The molecule has 2 N–H and O–H groups in total. The van der Waals surface area contributed by atoms with Gasteiger partial charge in [0.1, 0.15) is 11.6 Å². The normalized spacial score (nSPS) is 11.7. The van der Waals surface area contributed by atoms with Gasteiger partial charge < -0.3 is 15.4 Å². The zero-order valence-electron chi connectivity index (χ0n) is 13.1. The molecule has 0 radical (unpaired) electrons. The van der Waals surface area contributed by atoms with Crippen molar-refractivity contribution in [1.82, 2.24) is 5.32 Å². The predicted molar refractivity (Wildman–Crippen MR) is 82.9 cm³/mol. The lowest BCUT2D eigenvalue weighted by Crippen LogP contribution is -2.26. The van der Waals surface area contributed by atoms with Crippen LogP contribution in [0.1, 0.15) is 18.9 Å². The minimum absolute atomic E-state index is 0.175. The lowest BCUT2D eigenvalue weighted by Gasteiger charge is -2.08. The van der Waals surface area contributed by atoms with Crippen molar-refractivity contribution < 1.29 is 22.7 Å². The van der Waals surface area contributed by atoms with E-state index >= 15 is 0 Å². The molecule has 0 fully saturated rings. The van der Waals surface area contributed by atoms with Gasteiger partial charge >= 0.3 is 6.18 Å². The van der Waals surface area contributed by atoms with Gasteiger partial charge in [0.2, 0.25) is 0 Å². The molecule has 0 bridgehead atoms. The molecule has 1 rings (SSSR count). The Hall–Kier alpha value is -2.53. The number of nitrogens with one attached hydrogen (secondary N) is 2. The lowest BCUT2D eigenvalue weighted by atomic mass is 10.2. The Kier molecular flexibility index (Phi) is 7.79. The average molecular weight is 341 g/mol. The van der Waals surface area contributed by atoms with Crippen LogP contribution >= 0.6 is 0 Å². The summed E-state index contributed by atoms with van der Waals surface area (Å²) in [6, 6.07) is 5.99. The predicted octanol–water partition coefficient (Wildman–Crippen LogP) is 3.07. The Morgan fingerprint density at radius 1 is 1.33 bits per heavy atom. The van der Waals surface area contributed by atoms with Crippen LogP contribution in [0.5, 0.6) is 0 Å². The Morgan fingerprint density at radius 2 is 2.00 bits per heavy atom. The number of hydrogen-bond donors (Lipinski definition) is 2. The molecule has 24 heavy (non-hydrogen) atoms. The molecular formula is C16H18F3N3O2. The SMILES string of the molecule is CCOCCCNC(=O)/C(C#N)=C\Nc1ccc(C(F)(F)F)cc1. The number of nitrogens with zero attached hydrogens (tertiary/aromatic N) is 1. The summed E-state index contributed by atoms with van der Waals surface area (Å²) in [7, 11) is 0. The van der Waals surface area contributed by atoms with Crippen LogP contribution in [0.3, 0.4) is 0 Å². The lowest BCUT2D eigenvalue weighted by molar-refractivity contribution is -0.137. The van der Waals surface area contributed by atoms with Gasteiger partial charge in [-0.3, -0.25) is 4.79 Å². The van der Waals surface area contributed by atoms with E-state index in [0.717, 1.165) is 18.3 Å². The third kappa shape index (κ3) is 6.71. The van der Waals surface area contributed by atoms with E-state index in [2.05, 4.69) is 10.6 Å². The minimum Gasteiger partial charge on any atom is -0.382 e. The number of halogens is 3. The van der Waals surface area contributed by atoms with Crippen LogP contribution in [0, 0.1) is 11.3 Å². The summed E-state index contributed by atoms with van der Waals surface area (Å²) < 4.78 is 42.5. The molecule has 1 amide bonds. The van der Waals surface area contributed by atoms with Gasteiger partial charge in [0.05, 0.1) is 5.56 Å². The maximum Gasteiger partial charge on any atom is 0.416 e. The number of alkyl halides is 3. The van der Waals surface area contributed by atoms with E-state index in [4.69, 9.17) is 10.00 Å². The Labute approximate surface area is 138 Å². The first-order valence-electron chi connectivity index (χ1n) is 7.28. The van der Waals surface area contributed by atoms with E-state index in [1.165, 1.54) is 12.1 Å². The maximum absolute atomic E-state index is 12.5. The van der Waals surface area contributed by atoms with Crippen LogP contribution in [0.4, 0.5) is 18.9 Å². The monoisotopic (exact) mass is 341 g/mol. The Bertz CT molecular complexity index is 604. The molecule has 0 spiro atoms. The number of ether oxygens (including phenoxy) is 1. The summed E-state index contributed by atoms with van der Waals surface area (Å²) in [4.78, 5) is 11.8. The van der Waals surface area contributed by atoms with Crippen LogP contribution in [0.15, 0.2) is 36.0 Å². The summed E-state index contributed by atoms with van der Waals surface area (Å²) in [5.41, 5.74) is -0.615. The molecule has 0 aliphatic carbocycles. The molecule has 0 saturated carbocycles. The number of carbonyl (C=O) groups excluding carboxylic acids is 1. The molecule has 0 aliphatic rings. The van der Waals surface area contributed by atoms with Crippen LogP contribution in [0.2, 0.25) is 0 Å². The Balaban J connectivity index is 2.56. The molecule has 1 aromatic rings. The summed E-state index contributed by atoms with van der Waals surface area (Å²) in [6.07, 6.45) is -2.64. The van der Waals surface area contributed by atoms with E-state index < -0.39 is 17.6 Å². The van der Waals surface area contributed by atoms with Gasteiger partial charge in [0.15, 0.2) is 0 Å². The number of hydrogen-bond acceptors (Lipinski definition) is 4. The minimum atomic E-state index is -4.41. The number of benzene rings is 1. The highest BCUT2D eigenvalue weighted by molar-refractivity contribution is 5.97. The van der Waals surface area contributed by atoms with Gasteiger partial charge in [0, 0.05) is 31.6 Å². The number of rotatable bonds is 8. The van der Waals surface area contributed by atoms with Crippen LogP contribution in [-0.2, 0) is 15.7 Å². The Morgan fingerprint density at radius 3 is 2.54 bits per heavy atom. The van der Waals surface area contributed by atoms with Crippen molar-refractivity contribution in [2.45, 2.75) is 19.5 Å². The molecule has 8 heteroatoms. The zero-order chi connectivity index (χ0) is 18.0. The highest BCUT2D eigenvalue weighted by atomic mass is 19.4. The van der Waals surface area contributed by atoms with Crippen LogP contribution < -0.4 is 10.6 Å². The van der Waals surface area contributed by atoms with Crippen molar-refractivity contribution in [1.29, 1.82) is 5.26 Å². The third-order valence-corrected chi connectivity index (χ3v) is 2.92. The molecule has 130 valence electrons. The highest BCUT2D eigenvalue weighted by Crippen LogP contribution is 2.29. The fourth-order valence-electron chi connectivity index (χ4n) is 1.68. The third-order valence-electron chi connectivity index (χ3n) is 2.92. The summed E-state index contributed by atoms with van der Waals surface area (Å²) >= 11 is 0. The van der Waals surface area contributed by atoms with Gasteiger partial charge in [-0.25, -0.2) is 0 Å². The van der Waals surface area contributed by atoms with E-state index in [1.807, 2.05) is 6.92 Å². The quantitative estimate of drug-likeness (QED) is 0.433. The molecule has 0 atom stereocenters. The first-order chi connectivity index (χ1) is 11.4. The first-order valence-corrected chi connectivity index (χ1v) is 7.28. The average Bonchev–Trinajstić information content (AvgIpc) is 2.55. The van der Waals surface area contributed by atoms with Gasteiger partial charge in [-0.1, -0.05) is 0 Å². The molecule has 5 nitrogen and oxygen atoms in total. The number of carbonyl (C=O) groups is 1. The second-order valence-corrected chi connectivity index (χ2v) is 4.70. The fourth-order valence-corrected chi connectivity index (χ4v) is 1.68. The zero-order valence-corrected chi connectivity index (χ0v) is 13.1. The number of amides is 1. The molecule has 0 aromatic heterocycles. The van der Waals surface area contributed by atoms with E-state index in [9.17, 15) is 18.0 Å². The van der Waals surface area contributed by atoms with Gasteiger partial charge in [-0.15, -0.1) is 0 Å². The second-order valence-electron chi connectivity index (χ2n) is 4.70. The van der Waals surface area contributed by atoms with Crippen LogP contribution in [-0.4, -0.2) is 25.7 Å². The smallest absolute Gasteiger partial charge is 0.382 e. The van der Waals surface area contributed by atoms with Crippen molar-refractivity contribution in [2.75, 3.05) is 25.1 Å². The van der Waals surface area contributed by atoms with Crippen molar-refractivity contribution >= 4 is 11.6 Å². The van der Waals surface area contributed by atoms with E-state index in [-0.39, 0.29) is 5.57 Å². The van der Waals surface area contributed by atoms with Gasteiger partial charge in [-0.2, -0.15) is 18.4 Å². The fraction of sp³-hybridized carbons (Fsp3) is 0.375. The summed E-state index contributed by atoms with van der Waals surface area (Å²) in [6.45, 7) is 3.32. The first kappa shape index (κ1) is 19.5. The van der Waals surface area contributed by atoms with Crippen molar-refractivity contribution in [3.8, 4) is 6.07 Å². The van der Waals surface area contributed by atoms with Gasteiger partial charge in [-0.05, 0) is 37.6 Å². The largest absolute Gasteiger partial charge is 0.416 e. The molecular weight excluding hydrogens is 323 g/mol. The van der Waals surface area contributed by atoms with E-state index in [0.29, 0.717) is 31.9 Å². The van der Waals surface area contributed by atoms with Gasteiger partial charge in [0.25, 0.3) is 5.91 Å². The molecule has 0 heterocycles. The molecule has 0 saturated heterocycles. The molecule has 0 unspecified atom stereocenters. The molecule has 1 aromatic carbocycles. The molecule has 0 aliphatic heterocycles. The second kappa shape index (κ2) is 9.57. The van der Waals surface area contributed by atoms with Crippen molar-refractivity contribution in [3.63, 3.8) is 0 Å². The van der Waals surface area contributed by atoms with Crippen molar-refractivity contribution in [3.05, 3.63) is 41.6 Å².